The number of benzene rings is 6. The fraction of sp³-hybridized carbons (Fsp3) is 0.100. The molecule has 0 radical (unpaired) electrons. The second-order valence-electron chi connectivity index (χ2n) is 11.8. The monoisotopic (exact) mass is 525 g/mol. The van der Waals surface area contributed by atoms with Crippen molar-refractivity contribution in [1.29, 1.82) is 0 Å². The van der Waals surface area contributed by atoms with Crippen LogP contribution in [-0.2, 0) is 10.8 Å². The van der Waals surface area contributed by atoms with E-state index >= 15 is 0 Å². The first-order valence-corrected chi connectivity index (χ1v) is 14.5. The number of rotatable bonds is 4. The molecule has 41 heavy (non-hydrogen) atoms. The van der Waals surface area contributed by atoms with Crippen LogP contribution in [-0.4, -0.2) is 0 Å². The molecule has 0 aromatic heterocycles. The predicted molar refractivity (Wildman–Crippen MR) is 171 cm³/mol. The number of hydrogen-bond acceptors (Lipinski definition) is 1. The van der Waals surface area contributed by atoms with E-state index in [4.69, 9.17) is 0 Å². The summed E-state index contributed by atoms with van der Waals surface area (Å²) in [6.07, 6.45) is 0. The van der Waals surface area contributed by atoms with E-state index in [0.717, 1.165) is 11.4 Å². The normalized spacial score (nSPS) is 15.0. The zero-order valence-corrected chi connectivity index (χ0v) is 23.4. The number of nitrogens with one attached hydrogen (secondary N) is 1. The highest BCUT2D eigenvalue weighted by Gasteiger charge is 2.46. The summed E-state index contributed by atoms with van der Waals surface area (Å²) in [6.45, 7) is 4.68. The minimum absolute atomic E-state index is 0.0371. The third kappa shape index (κ3) is 3.30. The maximum absolute atomic E-state index is 3.88. The molecule has 0 unspecified atom stereocenters. The lowest BCUT2D eigenvalue weighted by Crippen LogP contribution is -2.28. The number of fused-ring (bicyclic) bond motifs is 6. The third-order valence-corrected chi connectivity index (χ3v) is 9.34. The number of hydrogen-bond donors (Lipinski definition) is 1. The van der Waals surface area contributed by atoms with Gasteiger partial charge in [-0.25, -0.2) is 0 Å². The molecular formula is C40H31N. The van der Waals surface area contributed by atoms with Crippen LogP contribution in [0.25, 0.3) is 22.3 Å². The largest absolute Gasteiger partial charge is 0.355 e. The number of anilines is 2. The van der Waals surface area contributed by atoms with Gasteiger partial charge in [-0.2, -0.15) is 0 Å². The van der Waals surface area contributed by atoms with Gasteiger partial charge in [0.1, 0.15) is 0 Å². The molecule has 0 bridgehead atoms. The van der Waals surface area contributed by atoms with Gasteiger partial charge in [0.05, 0.1) is 5.41 Å². The molecule has 0 spiro atoms. The van der Waals surface area contributed by atoms with Crippen LogP contribution >= 0.6 is 0 Å². The van der Waals surface area contributed by atoms with Crippen molar-refractivity contribution in [2.75, 3.05) is 5.32 Å². The van der Waals surface area contributed by atoms with Crippen molar-refractivity contribution < 1.29 is 0 Å². The van der Waals surface area contributed by atoms with Gasteiger partial charge >= 0.3 is 0 Å². The molecule has 0 amide bonds. The van der Waals surface area contributed by atoms with Gasteiger partial charge < -0.3 is 5.32 Å². The summed E-state index contributed by atoms with van der Waals surface area (Å²) in [7, 11) is 0. The molecule has 0 saturated carbocycles. The van der Waals surface area contributed by atoms with Crippen molar-refractivity contribution >= 4 is 11.4 Å². The van der Waals surface area contributed by atoms with E-state index < -0.39 is 5.41 Å². The molecule has 2 aliphatic rings. The minimum atomic E-state index is -0.395. The highest BCUT2D eigenvalue weighted by Crippen LogP contribution is 2.58. The third-order valence-electron chi connectivity index (χ3n) is 9.34. The lowest BCUT2D eigenvalue weighted by Gasteiger charge is -2.34. The molecule has 6 aromatic rings. The van der Waals surface area contributed by atoms with Crippen molar-refractivity contribution in [2.24, 2.45) is 0 Å². The summed E-state index contributed by atoms with van der Waals surface area (Å²) in [5.74, 6) is 0. The van der Waals surface area contributed by atoms with Gasteiger partial charge in [-0.3, -0.25) is 0 Å². The van der Waals surface area contributed by atoms with Gasteiger partial charge in [0, 0.05) is 22.4 Å². The topological polar surface area (TPSA) is 12.0 Å². The molecule has 0 atom stereocenters. The maximum Gasteiger partial charge on any atom is 0.0714 e. The molecule has 1 N–H and O–H groups in total. The Hall–Kier alpha value is -4.88. The highest BCUT2D eigenvalue weighted by atomic mass is 14.9. The Labute approximate surface area is 242 Å². The molecule has 1 heteroatoms. The smallest absolute Gasteiger partial charge is 0.0714 e. The molecule has 0 heterocycles. The van der Waals surface area contributed by atoms with Gasteiger partial charge in [0.15, 0.2) is 0 Å². The Kier molecular flexibility index (Phi) is 5.15. The van der Waals surface area contributed by atoms with Crippen LogP contribution in [0.5, 0.6) is 0 Å². The Bertz CT molecular complexity index is 1890. The Morgan fingerprint density at radius 1 is 0.439 bits per heavy atom. The second kappa shape index (κ2) is 8.81. The van der Waals surface area contributed by atoms with Crippen molar-refractivity contribution in [3.8, 4) is 22.3 Å². The molecule has 8 rings (SSSR count). The lowest BCUT2D eigenvalue weighted by atomic mass is 9.68. The quantitative estimate of drug-likeness (QED) is 0.241. The van der Waals surface area contributed by atoms with Crippen LogP contribution in [0.2, 0.25) is 0 Å². The van der Waals surface area contributed by atoms with E-state index in [2.05, 4.69) is 165 Å². The van der Waals surface area contributed by atoms with Crippen LogP contribution in [0.15, 0.2) is 146 Å². The van der Waals surface area contributed by atoms with Crippen LogP contribution in [0.4, 0.5) is 11.4 Å². The van der Waals surface area contributed by atoms with Crippen molar-refractivity contribution in [1.82, 2.24) is 0 Å². The van der Waals surface area contributed by atoms with Crippen LogP contribution in [0.3, 0.4) is 0 Å². The predicted octanol–water partition coefficient (Wildman–Crippen LogP) is 10.1. The fourth-order valence-corrected chi connectivity index (χ4v) is 7.53. The van der Waals surface area contributed by atoms with Gasteiger partial charge in [0.25, 0.3) is 0 Å². The second-order valence-corrected chi connectivity index (χ2v) is 11.8. The summed E-state index contributed by atoms with van der Waals surface area (Å²) < 4.78 is 0. The molecule has 0 fully saturated rings. The highest BCUT2D eigenvalue weighted by molar-refractivity contribution is 5.95. The SMILES string of the molecule is CC1(C)c2ccccc2-c2ccc(Nc3cccc4c3-c3ccccc3C4(c3ccccc3)c3ccccc3)cc21. The first-order valence-electron chi connectivity index (χ1n) is 14.5. The average molecular weight is 526 g/mol. The molecule has 0 aliphatic heterocycles. The molecular weight excluding hydrogens is 494 g/mol. The summed E-state index contributed by atoms with van der Waals surface area (Å²) in [6, 6.07) is 53.4. The minimum Gasteiger partial charge on any atom is -0.355 e. The van der Waals surface area contributed by atoms with E-state index in [1.807, 2.05) is 0 Å². The molecule has 196 valence electrons. The van der Waals surface area contributed by atoms with Gasteiger partial charge in [-0.15, -0.1) is 0 Å². The zero-order chi connectivity index (χ0) is 27.6. The van der Waals surface area contributed by atoms with Crippen molar-refractivity contribution in [3.05, 3.63) is 179 Å². The summed E-state index contributed by atoms with van der Waals surface area (Å²) in [5, 5.41) is 3.88. The van der Waals surface area contributed by atoms with Crippen LogP contribution in [0, 0.1) is 0 Å². The average Bonchev–Trinajstić information content (AvgIpc) is 3.45. The van der Waals surface area contributed by atoms with Gasteiger partial charge in [0.2, 0.25) is 0 Å². The molecule has 6 aromatic carbocycles. The van der Waals surface area contributed by atoms with Gasteiger partial charge in [-0.05, 0) is 68.3 Å². The lowest BCUT2D eigenvalue weighted by molar-refractivity contribution is 0.660. The Morgan fingerprint density at radius 3 is 1.71 bits per heavy atom. The van der Waals surface area contributed by atoms with E-state index in [-0.39, 0.29) is 5.41 Å². The Morgan fingerprint density at radius 2 is 1.00 bits per heavy atom. The van der Waals surface area contributed by atoms with E-state index in [9.17, 15) is 0 Å². The van der Waals surface area contributed by atoms with E-state index in [0.29, 0.717) is 0 Å². The van der Waals surface area contributed by atoms with Crippen LogP contribution in [0.1, 0.15) is 47.2 Å². The zero-order valence-electron chi connectivity index (χ0n) is 23.4. The first-order chi connectivity index (χ1) is 20.1. The summed E-state index contributed by atoms with van der Waals surface area (Å²) in [5.41, 5.74) is 15.1. The first kappa shape index (κ1) is 24.0. The Balaban J connectivity index is 1.33. The standard InChI is InChI=1S/C40H31N/c1-39(2)33-20-11-9-18-30(33)31-25-24-29(26-36(31)39)41-37-23-13-22-35-38(37)32-19-10-12-21-34(32)40(35,27-14-5-3-6-15-27)28-16-7-4-8-17-28/h3-26,41H,1-2H3. The van der Waals surface area contributed by atoms with Gasteiger partial charge in [-0.1, -0.05) is 141 Å². The molecule has 2 aliphatic carbocycles. The van der Waals surface area contributed by atoms with Crippen LogP contribution < -0.4 is 5.32 Å². The summed E-state index contributed by atoms with van der Waals surface area (Å²) in [4.78, 5) is 0. The van der Waals surface area contributed by atoms with E-state index in [1.54, 1.807) is 0 Å². The molecule has 0 saturated heterocycles. The maximum atomic E-state index is 3.88. The fourth-order valence-electron chi connectivity index (χ4n) is 7.53. The van der Waals surface area contributed by atoms with E-state index in [1.165, 1.54) is 55.6 Å². The van der Waals surface area contributed by atoms with Crippen molar-refractivity contribution in [2.45, 2.75) is 24.7 Å². The molecule has 1 nitrogen and oxygen atoms in total. The van der Waals surface area contributed by atoms with Crippen molar-refractivity contribution in [3.63, 3.8) is 0 Å². The summed E-state index contributed by atoms with van der Waals surface area (Å²) >= 11 is 0.